The Morgan fingerprint density at radius 1 is 1.09 bits per heavy atom. The first kappa shape index (κ1) is 20.6. The van der Waals surface area contributed by atoms with Crippen molar-refractivity contribution in [2.75, 3.05) is 38.7 Å². The molecular formula is C27H32N4O2. The number of anilines is 2. The van der Waals surface area contributed by atoms with Crippen LogP contribution in [0.15, 0.2) is 30.3 Å². The van der Waals surface area contributed by atoms with Gasteiger partial charge < -0.3 is 19.3 Å². The largest absolute Gasteiger partial charge is 0.497 e. The topological polar surface area (TPSA) is 42.8 Å². The lowest BCUT2D eigenvalue weighted by Gasteiger charge is -2.34. The van der Waals surface area contributed by atoms with Crippen molar-refractivity contribution < 1.29 is 9.47 Å². The molecule has 172 valence electrons. The maximum absolute atomic E-state index is 6.44. The van der Waals surface area contributed by atoms with Crippen LogP contribution in [0.3, 0.4) is 0 Å². The van der Waals surface area contributed by atoms with Crippen LogP contribution < -0.4 is 14.4 Å². The first-order valence-electron chi connectivity index (χ1n) is 12.1. The minimum Gasteiger partial charge on any atom is -0.497 e. The molecule has 0 aliphatic carbocycles. The van der Waals surface area contributed by atoms with E-state index < -0.39 is 0 Å². The second kappa shape index (κ2) is 7.52. The molecule has 3 aliphatic rings. The lowest BCUT2D eigenvalue weighted by atomic mass is 9.93. The van der Waals surface area contributed by atoms with Crippen molar-refractivity contribution in [2.24, 2.45) is 0 Å². The highest BCUT2D eigenvalue weighted by atomic mass is 16.5. The van der Waals surface area contributed by atoms with E-state index in [-0.39, 0.29) is 5.60 Å². The molecule has 0 amide bonds. The number of nitrogens with zero attached hydrogens (tertiary/aromatic N) is 4. The van der Waals surface area contributed by atoms with Gasteiger partial charge in [0.1, 0.15) is 22.8 Å². The summed E-state index contributed by atoms with van der Waals surface area (Å²) in [6.45, 7) is 8.49. The van der Waals surface area contributed by atoms with E-state index in [1.54, 1.807) is 7.11 Å². The Kier molecular flexibility index (Phi) is 4.70. The number of hydrogen-bond donors (Lipinski definition) is 0. The first-order chi connectivity index (χ1) is 15.9. The molecular weight excluding hydrogens is 412 g/mol. The molecule has 0 N–H and O–H groups in total. The van der Waals surface area contributed by atoms with Crippen molar-refractivity contribution in [3.05, 3.63) is 35.9 Å². The Morgan fingerprint density at radius 3 is 2.70 bits per heavy atom. The lowest BCUT2D eigenvalue weighted by Crippen LogP contribution is -2.32. The number of rotatable bonds is 4. The van der Waals surface area contributed by atoms with Crippen molar-refractivity contribution in [2.45, 2.75) is 45.3 Å². The van der Waals surface area contributed by atoms with Crippen molar-refractivity contribution in [1.29, 1.82) is 0 Å². The minimum atomic E-state index is -0.326. The predicted octanol–water partition coefficient (Wildman–Crippen LogP) is 5.46. The molecule has 0 unspecified atom stereocenters. The Morgan fingerprint density at radius 2 is 1.91 bits per heavy atom. The highest BCUT2D eigenvalue weighted by Gasteiger charge is 2.33. The van der Waals surface area contributed by atoms with Gasteiger partial charge in [-0.25, -0.2) is 0 Å². The number of hydrogen-bond acceptors (Lipinski definition) is 5. The average molecular weight is 445 g/mol. The van der Waals surface area contributed by atoms with Crippen molar-refractivity contribution >= 4 is 28.4 Å². The van der Waals surface area contributed by atoms with Gasteiger partial charge in [0.05, 0.1) is 35.9 Å². The summed E-state index contributed by atoms with van der Waals surface area (Å²) in [5.74, 6) is 1.78. The van der Waals surface area contributed by atoms with Gasteiger partial charge in [0.25, 0.3) is 0 Å². The van der Waals surface area contributed by atoms with Crippen molar-refractivity contribution in [1.82, 2.24) is 14.7 Å². The van der Waals surface area contributed by atoms with Gasteiger partial charge >= 0.3 is 0 Å². The maximum Gasteiger partial charge on any atom is 0.132 e. The number of aromatic nitrogens is 2. The molecule has 1 aromatic heterocycles. The predicted molar refractivity (Wildman–Crippen MR) is 134 cm³/mol. The summed E-state index contributed by atoms with van der Waals surface area (Å²) in [6.07, 6.45) is 8.32. The van der Waals surface area contributed by atoms with E-state index in [1.807, 2.05) is 6.07 Å². The fraction of sp³-hybridized carbons (Fsp3) is 0.444. The van der Waals surface area contributed by atoms with Gasteiger partial charge in [-0.1, -0.05) is 6.42 Å². The Hall–Kier alpha value is -2.99. The molecule has 0 saturated carbocycles. The van der Waals surface area contributed by atoms with E-state index in [2.05, 4.69) is 65.7 Å². The second-order valence-electron chi connectivity index (χ2n) is 9.99. The van der Waals surface area contributed by atoms with Crippen LogP contribution in [0.4, 0.5) is 11.4 Å². The summed E-state index contributed by atoms with van der Waals surface area (Å²) >= 11 is 0. The van der Waals surface area contributed by atoms with Gasteiger partial charge in [-0.05, 0) is 70.1 Å². The van der Waals surface area contributed by atoms with E-state index in [1.165, 1.54) is 43.4 Å². The van der Waals surface area contributed by atoms with Gasteiger partial charge in [-0.3, -0.25) is 4.68 Å². The smallest absolute Gasteiger partial charge is 0.132 e. The van der Waals surface area contributed by atoms with Gasteiger partial charge in [0, 0.05) is 30.8 Å². The van der Waals surface area contributed by atoms with Crippen LogP contribution in [0.5, 0.6) is 11.5 Å². The van der Waals surface area contributed by atoms with Crippen molar-refractivity contribution in [3.63, 3.8) is 0 Å². The van der Waals surface area contributed by atoms with Crippen molar-refractivity contribution in [3.8, 4) is 22.8 Å². The number of ether oxygens (including phenoxy) is 2. The third-order valence-corrected chi connectivity index (χ3v) is 7.27. The summed E-state index contributed by atoms with van der Waals surface area (Å²) in [6, 6.07) is 8.47. The molecule has 0 bridgehead atoms. The molecule has 0 spiro atoms. The molecule has 6 heteroatoms. The van der Waals surface area contributed by atoms with Crippen LogP contribution in [-0.2, 0) is 6.54 Å². The van der Waals surface area contributed by atoms with Gasteiger partial charge in [0.15, 0.2) is 0 Å². The van der Waals surface area contributed by atoms with Crippen LogP contribution in [-0.4, -0.2) is 54.1 Å². The van der Waals surface area contributed by atoms with E-state index >= 15 is 0 Å². The second-order valence-corrected chi connectivity index (χ2v) is 9.99. The lowest BCUT2D eigenvalue weighted by molar-refractivity contribution is 0.159. The zero-order chi connectivity index (χ0) is 22.7. The molecule has 33 heavy (non-hydrogen) atoms. The van der Waals surface area contributed by atoms with Crippen LogP contribution in [0, 0.1) is 0 Å². The summed E-state index contributed by atoms with van der Waals surface area (Å²) in [5, 5.41) is 6.39. The van der Waals surface area contributed by atoms with Gasteiger partial charge in [-0.15, -0.1) is 0 Å². The number of piperidine rings is 1. The zero-order valence-electron chi connectivity index (χ0n) is 20.0. The van der Waals surface area contributed by atoms with E-state index in [4.69, 9.17) is 14.6 Å². The molecule has 4 heterocycles. The van der Waals surface area contributed by atoms with Crippen LogP contribution in [0.1, 0.15) is 38.7 Å². The van der Waals surface area contributed by atoms with Crippen LogP contribution in [0.25, 0.3) is 28.2 Å². The summed E-state index contributed by atoms with van der Waals surface area (Å²) in [5.41, 5.74) is 6.40. The molecule has 1 saturated heterocycles. The van der Waals surface area contributed by atoms with Gasteiger partial charge in [-0.2, -0.15) is 5.10 Å². The SMILES string of the molecule is COc1ccc2c(c1)-c1nn(CCN3CCCCC3)c3cc4c(c(c13)N2C)C=CC(C)(C)O4. The number of methoxy groups -OCH3 is 1. The third-order valence-electron chi connectivity index (χ3n) is 7.27. The molecule has 0 radical (unpaired) electrons. The fourth-order valence-electron chi connectivity index (χ4n) is 5.53. The molecule has 6 nitrogen and oxygen atoms in total. The highest BCUT2D eigenvalue weighted by molar-refractivity contribution is 6.13. The number of benzene rings is 2. The van der Waals surface area contributed by atoms with Gasteiger partial charge in [0.2, 0.25) is 0 Å². The van der Waals surface area contributed by atoms with E-state index in [9.17, 15) is 0 Å². The third kappa shape index (κ3) is 3.31. The first-order valence-corrected chi connectivity index (χ1v) is 12.1. The molecule has 3 aromatic rings. The molecule has 3 aliphatic heterocycles. The summed E-state index contributed by atoms with van der Waals surface area (Å²) < 4.78 is 14.2. The number of fused-ring (bicyclic) bond motifs is 4. The Labute approximate surface area is 195 Å². The summed E-state index contributed by atoms with van der Waals surface area (Å²) in [7, 11) is 3.86. The van der Waals surface area contributed by atoms with E-state index in [0.717, 1.165) is 52.6 Å². The average Bonchev–Trinajstić information content (AvgIpc) is 3.18. The minimum absolute atomic E-state index is 0.326. The highest BCUT2D eigenvalue weighted by Crippen LogP contribution is 2.52. The number of likely N-dealkylation sites (tertiary alicyclic amines) is 1. The molecule has 6 rings (SSSR count). The fourth-order valence-corrected chi connectivity index (χ4v) is 5.53. The zero-order valence-corrected chi connectivity index (χ0v) is 20.0. The molecule has 2 aromatic carbocycles. The van der Waals surface area contributed by atoms with E-state index in [0.29, 0.717) is 0 Å². The quantitative estimate of drug-likeness (QED) is 0.534. The van der Waals surface area contributed by atoms with Crippen LogP contribution in [0.2, 0.25) is 0 Å². The molecule has 0 atom stereocenters. The molecule has 1 fully saturated rings. The monoisotopic (exact) mass is 444 g/mol. The van der Waals surface area contributed by atoms with Crippen LogP contribution >= 0.6 is 0 Å². The Bertz CT molecular complexity index is 1270. The standard InChI is InChI=1S/C27H32N4O2/c1-27(2)11-10-19-23(33-27)17-22-24-25(28-31(22)15-14-30-12-6-5-7-13-30)20-16-18(32-4)8-9-21(20)29(3)26(19)24/h8-11,16-17H,5-7,12-15H2,1-4H3. The maximum atomic E-state index is 6.44. The normalized spacial score (nSPS) is 18.7. The Balaban J connectivity index is 1.54. The summed E-state index contributed by atoms with van der Waals surface area (Å²) in [4.78, 5) is 4.85.